The van der Waals surface area contributed by atoms with Crippen molar-refractivity contribution in [3.05, 3.63) is 40.3 Å². The van der Waals surface area contributed by atoms with Gasteiger partial charge in [0.2, 0.25) is 5.71 Å². The third-order valence-electron chi connectivity index (χ3n) is 9.07. The highest BCUT2D eigenvalue weighted by atomic mass is 16.6. The number of carbonyl (C=O) groups is 1. The molecule has 8 nitrogen and oxygen atoms in total. The van der Waals surface area contributed by atoms with Gasteiger partial charge in [0.1, 0.15) is 7.11 Å². The Morgan fingerprint density at radius 1 is 1.00 bits per heavy atom. The fourth-order valence-electron chi connectivity index (χ4n) is 7.87. The Morgan fingerprint density at radius 2 is 1.74 bits per heavy atom. The van der Waals surface area contributed by atoms with E-state index < -0.39 is 17.2 Å². The number of aromatic nitrogens is 2. The summed E-state index contributed by atoms with van der Waals surface area (Å²) in [5, 5.41) is 13.4. The summed E-state index contributed by atoms with van der Waals surface area (Å²) in [6, 6.07) is 8.93. The molecule has 2 unspecified atom stereocenters. The molecule has 5 atom stereocenters. The highest BCUT2D eigenvalue weighted by Gasteiger charge is 2.51. The molecule has 2 aliphatic carbocycles. The molecule has 2 saturated carbocycles. The van der Waals surface area contributed by atoms with E-state index in [1.165, 1.54) is 58.5 Å². The van der Waals surface area contributed by atoms with Crippen molar-refractivity contribution in [2.45, 2.75) is 88.4 Å². The van der Waals surface area contributed by atoms with Crippen molar-refractivity contribution in [2.75, 3.05) is 7.11 Å². The molecule has 6 rings (SSSR count). The summed E-state index contributed by atoms with van der Waals surface area (Å²) in [5.74, 6) is 0.371. The Bertz CT molecular complexity index is 1210. The first-order chi connectivity index (χ1) is 17.0. The predicted molar refractivity (Wildman–Crippen MR) is 133 cm³/mol. The summed E-state index contributed by atoms with van der Waals surface area (Å²) in [4.78, 5) is 37.7. The molecule has 4 aliphatic rings. The summed E-state index contributed by atoms with van der Waals surface area (Å²) in [5.41, 5.74) is 0.365. The molecular formula is C27H34N4O4. The van der Waals surface area contributed by atoms with E-state index in [1.54, 1.807) is 0 Å². The average molecular weight is 479 g/mol. The van der Waals surface area contributed by atoms with Crippen LogP contribution in [0.3, 0.4) is 0 Å². The van der Waals surface area contributed by atoms with Crippen LogP contribution in [-0.2, 0) is 9.63 Å². The zero-order valence-corrected chi connectivity index (χ0v) is 20.3. The van der Waals surface area contributed by atoms with Gasteiger partial charge in [0, 0.05) is 18.1 Å². The van der Waals surface area contributed by atoms with Crippen LogP contribution in [0.15, 0.2) is 34.2 Å². The van der Waals surface area contributed by atoms with Crippen LogP contribution in [0.4, 0.5) is 0 Å². The van der Waals surface area contributed by atoms with E-state index in [4.69, 9.17) is 4.84 Å². The van der Waals surface area contributed by atoms with E-state index in [0.717, 1.165) is 30.2 Å². The van der Waals surface area contributed by atoms with Gasteiger partial charge in [-0.3, -0.25) is 9.69 Å². The summed E-state index contributed by atoms with van der Waals surface area (Å²) in [7, 11) is 1.28. The molecule has 2 saturated heterocycles. The number of aliphatic carboxylic acids is 1. The molecule has 186 valence electrons. The summed E-state index contributed by atoms with van der Waals surface area (Å²) >= 11 is 0. The molecular weight excluding hydrogens is 444 g/mol. The summed E-state index contributed by atoms with van der Waals surface area (Å²) < 4.78 is 1.83. The van der Waals surface area contributed by atoms with Gasteiger partial charge in [-0.25, -0.2) is 9.78 Å². The van der Waals surface area contributed by atoms with Crippen molar-refractivity contribution >= 4 is 22.7 Å². The van der Waals surface area contributed by atoms with Crippen molar-refractivity contribution in [1.82, 2.24) is 14.5 Å². The van der Waals surface area contributed by atoms with E-state index in [2.05, 4.69) is 15.0 Å². The fraction of sp³-hybridized carbons (Fsp3) is 0.630. The van der Waals surface area contributed by atoms with Gasteiger partial charge in [0.15, 0.2) is 5.69 Å². The first-order valence-corrected chi connectivity index (χ1v) is 13.2. The van der Waals surface area contributed by atoms with Crippen LogP contribution < -0.4 is 5.56 Å². The smallest absolute Gasteiger partial charge is 0.360 e. The number of hydrogen-bond donors (Lipinski definition) is 1. The molecule has 4 fully saturated rings. The van der Waals surface area contributed by atoms with Crippen LogP contribution in [0.5, 0.6) is 0 Å². The largest absolute Gasteiger partial charge is 0.476 e. The zero-order chi connectivity index (χ0) is 24.1. The van der Waals surface area contributed by atoms with Gasteiger partial charge in [-0.1, -0.05) is 43.0 Å². The van der Waals surface area contributed by atoms with Crippen LogP contribution in [0.25, 0.3) is 11.0 Å². The standard InChI is InChI=1S/C27H34N4O4/c1-35-29-25(27(33)34)24-26(32)31(21-9-5-4-8-20(21)28-24)23-15-18-10-11-22(23)30(18)19-13-16-6-2-3-7-17(12-16)14-19/h4-5,8-9,16-19,22-23H,2-3,6-7,10-15H2,1H3,(H,33,34)/b29-25-/t16?,17?,18-,19?,22+,23+/m0/s1. The number of oxime groups is 1. The third-order valence-corrected chi connectivity index (χ3v) is 9.07. The minimum Gasteiger partial charge on any atom is -0.476 e. The Hall–Kier alpha value is -2.74. The maximum absolute atomic E-state index is 13.8. The SMILES string of the molecule is CO/N=C(\C(=O)O)c1nc2ccccc2n([C@@H]2C[C@@H]3CC[C@H]2N3C2CC3CCCCC(C3)C2)c1=O. The van der Waals surface area contributed by atoms with E-state index in [0.29, 0.717) is 23.6 Å². The van der Waals surface area contributed by atoms with Gasteiger partial charge in [-0.2, -0.15) is 0 Å². The number of fused-ring (bicyclic) bond motifs is 5. The lowest BCUT2D eigenvalue weighted by Crippen LogP contribution is -2.45. The Kier molecular flexibility index (Phi) is 5.87. The van der Waals surface area contributed by atoms with Crippen LogP contribution in [0.1, 0.15) is 75.9 Å². The lowest BCUT2D eigenvalue weighted by Gasteiger charge is -2.41. The second-order valence-electron chi connectivity index (χ2n) is 11.0. The first-order valence-electron chi connectivity index (χ1n) is 13.2. The molecule has 2 aliphatic heterocycles. The van der Waals surface area contributed by atoms with Crippen LogP contribution in [-0.4, -0.2) is 56.5 Å². The number of hydrogen-bond acceptors (Lipinski definition) is 6. The van der Waals surface area contributed by atoms with E-state index in [-0.39, 0.29) is 11.7 Å². The fourth-order valence-corrected chi connectivity index (χ4v) is 7.87. The van der Waals surface area contributed by atoms with Gasteiger partial charge >= 0.3 is 5.97 Å². The van der Waals surface area contributed by atoms with E-state index in [9.17, 15) is 14.7 Å². The second kappa shape index (κ2) is 9.04. The van der Waals surface area contributed by atoms with E-state index >= 15 is 0 Å². The molecule has 35 heavy (non-hydrogen) atoms. The predicted octanol–water partition coefficient (Wildman–Crippen LogP) is 3.97. The van der Waals surface area contributed by atoms with Crippen molar-refractivity contribution in [1.29, 1.82) is 0 Å². The van der Waals surface area contributed by atoms with Crippen LogP contribution in [0.2, 0.25) is 0 Å². The number of carboxylic acid groups (broad SMARTS) is 1. The molecule has 4 bridgehead atoms. The lowest BCUT2D eigenvalue weighted by atomic mass is 9.77. The minimum absolute atomic E-state index is 0.00874. The van der Waals surface area contributed by atoms with Gasteiger partial charge < -0.3 is 14.5 Å². The van der Waals surface area contributed by atoms with Gasteiger partial charge in [-0.15, -0.1) is 0 Å². The van der Waals surface area contributed by atoms with Crippen LogP contribution >= 0.6 is 0 Å². The molecule has 0 amide bonds. The van der Waals surface area contributed by atoms with Gasteiger partial charge in [0.25, 0.3) is 5.56 Å². The number of nitrogens with zero attached hydrogens (tertiary/aromatic N) is 4. The molecule has 0 radical (unpaired) electrons. The molecule has 1 aromatic carbocycles. The third kappa shape index (κ3) is 3.86. The Labute approximate surface area is 205 Å². The van der Waals surface area contributed by atoms with Crippen LogP contribution in [0, 0.1) is 11.8 Å². The number of rotatable bonds is 5. The lowest BCUT2D eigenvalue weighted by molar-refractivity contribution is -0.129. The van der Waals surface area contributed by atoms with Crippen molar-refractivity contribution in [3.8, 4) is 0 Å². The van der Waals surface area contributed by atoms with Crippen molar-refractivity contribution in [2.24, 2.45) is 17.0 Å². The highest BCUT2D eigenvalue weighted by molar-refractivity contribution is 6.41. The maximum atomic E-state index is 13.8. The molecule has 0 spiro atoms. The van der Waals surface area contributed by atoms with E-state index in [1.807, 2.05) is 28.8 Å². The monoisotopic (exact) mass is 478 g/mol. The summed E-state index contributed by atoms with van der Waals surface area (Å²) in [6.45, 7) is 0. The average Bonchev–Trinajstić information content (AvgIpc) is 3.37. The first kappa shape index (κ1) is 22.7. The Balaban J connectivity index is 1.41. The molecule has 8 heteroatoms. The number of para-hydroxylation sites is 2. The number of carboxylic acids is 1. The van der Waals surface area contributed by atoms with Gasteiger partial charge in [0.05, 0.1) is 17.1 Å². The quantitative estimate of drug-likeness (QED) is 0.516. The van der Waals surface area contributed by atoms with Crippen molar-refractivity contribution < 1.29 is 14.7 Å². The zero-order valence-electron chi connectivity index (χ0n) is 20.3. The molecule has 2 aromatic rings. The number of benzene rings is 1. The normalized spacial score (nSPS) is 33.1. The van der Waals surface area contributed by atoms with Gasteiger partial charge in [-0.05, 0) is 62.5 Å². The maximum Gasteiger partial charge on any atom is 0.360 e. The molecule has 1 aromatic heterocycles. The summed E-state index contributed by atoms with van der Waals surface area (Å²) in [6.07, 6.45) is 12.7. The highest BCUT2D eigenvalue weighted by Crippen LogP contribution is 2.50. The molecule has 1 N–H and O–H groups in total. The minimum atomic E-state index is -1.32. The molecule has 3 heterocycles. The van der Waals surface area contributed by atoms with Crippen molar-refractivity contribution in [3.63, 3.8) is 0 Å². The Morgan fingerprint density at radius 3 is 2.46 bits per heavy atom. The topological polar surface area (TPSA) is 97.0 Å². The second-order valence-corrected chi connectivity index (χ2v) is 11.0.